The lowest BCUT2D eigenvalue weighted by Crippen LogP contribution is -2.22. The lowest BCUT2D eigenvalue weighted by molar-refractivity contribution is -0.115. The van der Waals surface area contributed by atoms with Crippen LogP contribution in [0.1, 0.15) is 39.7 Å². The molecule has 1 aliphatic heterocycles. The van der Waals surface area contributed by atoms with Crippen LogP contribution >= 0.6 is 23.1 Å². The van der Waals surface area contributed by atoms with E-state index < -0.39 is 0 Å². The van der Waals surface area contributed by atoms with Crippen molar-refractivity contribution >= 4 is 44.9 Å². The summed E-state index contributed by atoms with van der Waals surface area (Å²) in [6.45, 7) is 2.57. The molecule has 4 rings (SSSR count). The third-order valence-corrected chi connectivity index (χ3v) is 6.94. The standard InChI is InChI=1S/C21H21NO4S2/c1-2-25-21(24)16-14-9-6-10-15(14)28-20(16)22-19(23)17-18(27-12-11-26-17)13-7-4-3-5-8-13/h3-5,7-8H,2,6,9-12H2,1H3,(H,22,23). The zero-order valence-corrected chi connectivity index (χ0v) is 17.2. The molecule has 2 aliphatic rings. The van der Waals surface area contributed by atoms with Crippen molar-refractivity contribution in [3.8, 4) is 0 Å². The number of carbonyl (C=O) groups is 2. The van der Waals surface area contributed by atoms with Crippen LogP contribution in [0.5, 0.6) is 0 Å². The van der Waals surface area contributed by atoms with E-state index in [0.29, 0.717) is 29.5 Å². The van der Waals surface area contributed by atoms with Gasteiger partial charge in [-0.2, -0.15) is 0 Å². The molecule has 0 atom stereocenters. The zero-order valence-electron chi connectivity index (χ0n) is 15.6. The van der Waals surface area contributed by atoms with Crippen molar-refractivity contribution < 1.29 is 19.1 Å². The molecule has 1 aromatic heterocycles. The predicted molar refractivity (Wildman–Crippen MR) is 113 cm³/mol. The Hall–Kier alpha value is -2.25. The van der Waals surface area contributed by atoms with Crippen molar-refractivity contribution in [2.24, 2.45) is 0 Å². The Bertz CT molecular complexity index is 933. The van der Waals surface area contributed by atoms with Crippen molar-refractivity contribution in [2.75, 3.05) is 24.3 Å². The van der Waals surface area contributed by atoms with Crippen molar-refractivity contribution in [2.45, 2.75) is 26.2 Å². The summed E-state index contributed by atoms with van der Waals surface area (Å²) in [5, 5.41) is 3.49. The van der Waals surface area contributed by atoms with Gasteiger partial charge in [0.2, 0.25) is 0 Å². The van der Waals surface area contributed by atoms with Crippen LogP contribution in [0.3, 0.4) is 0 Å². The molecule has 5 nitrogen and oxygen atoms in total. The third kappa shape index (κ3) is 3.69. The number of amides is 1. The molecule has 7 heteroatoms. The van der Waals surface area contributed by atoms with Gasteiger partial charge in [-0.1, -0.05) is 30.3 Å². The van der Waals surface area contributed by atoms with Gasteiger partial charge in [0.15, 0.2) is 5.76 Å². The molecule has 1 amide bonds. The number of nitrogens with one attached hydrogen (secondary N) is 1. The third-order valence-electron chi connectivity index (χ3n) is 4.65. The maximum atomic E-state index is 13.1. The first-order valence-electron chi connectivity index (χ1n) is 9.37. The van der Waals surface area contributed by atoms with Crippen LogP contribution in [0.25, 0.3) is 4.91 Å². The van der Waals surface area contributed by atoms with Crippen LogP contribution in [-0.4, -0.2) is 30.8 Å². The summed E-state index contributed by atoms with van der Waals surface area (Å²) >= 11 is 3.09. The summed E-state index contributed by atoms with van der Waals surface area (Å²) in [5.41, 5.74) is 2.49. The number of ether oxygens (including phenoxy) is 2. The molecular weight excluding hydrogens is 394 g/mol. The average molecular weight is 416 g/mol. The van der Waals surface area contributed by atoms with Crippen LogP contribution in [0.2, 0.25) is 0 Å². The molecule has 0 fully saturated rings. The normalized spacial score (nSPS) is 15.8. The van der Waals surface area contributed by atoms with Crippen LogP contribution in [0.4, 0.5) is 5.00 Å². The highest BCUT2D eigenvalue weighted by molar-refractivity contribution is 8.08. The van der Waals surface area contributed by atoms with Gasteiger partial charge in [0.1, 0.15) is 5.00 Å². The van der Waals surface area contributed by atoms with E-state index >= 15 is 0 Å². The van der Waals surface area contributed by atoms with Gasteiger partial charge in [-0.25, -0.2) is 4.79 Å². The number of fused-ring (bicyclic) bond motifs is 1. The Kier molecular flexibility index (Phi) is 5.73. The van der Waals surface area contributed by atoms with Gasteiger partial charge in [-0.15, -0.1) is 23.1 Å². The molecule has 1 N–H and O–H groups in total. The summed E-state index contributed by atoms with van der Waals surface area (Å²) in [7, 11) is 0. The Balaban J connectivity index is 1.66. The van der Waals surface area contributed by atoms with E-state index in [4.69, 9.17) is 9.47 Å². The summed E-state index contributed by atoms with van der Waals surface area (Å²) in [4.78, 5) is 27.6. The molecule has 2 heterocycles. The number of aryl methyl sites for hydroxylation is 1. The number of hydrogen-bond donors (Lipinski definition) is 1. The van der Waals surface area contributed by atoms with E-state index in [0.717, 1.165) is 45.9 Å². The van der Waals surface area contributed by atoms with E-state index in [1.54, 1.807) is 18.7 Å². The zero-order chi connectivity index (χ0) is 19.5. The number of anilines is 1. The first-order chi connectivity index (χ1) is 13.7. The topological polar surface area (TPSA) is 64.6 Å². The smallest absolute Gasteiger partial charge is 0.341 e. The fourth-order valence-corrected chi connectivity index (χ4v) is 5.69. The quantitative estimate of drug-likeness (QED) is 0.729. The molecule has 146 valence electrons. The van der Waals surface area contributed by atoms with E-state index in [2.05, 4.69) is 5.32 Å². The summed E-state index contributed by atoms with van der Waals surface area (Å²) in [6.07, 6.45) is 2.82. The highest BCUT2D eigenvalue weighted by atomic mass is 32.2. The van der Waals surface area contributed by atoms with Crippen molar-refractivity contribution in [3.63, 3.8) is 0 Å². The van der Waals surface area contributed by atoms with E-state index in [9.17, 15) is 9.59 Å². The van der Waals surface area contributed by atoms with Gasteiger partial charge in [-0.3, -0.25) is 4.79 Å². The maximum Gasteiger partial charge on any atom is 0.341 e. The van der Waals surface area contributed by atoms with Gasteiger partial charge >= 0.3 is 5.97 Å². The van der Waals surface area contributed by atoms with Crippen LogP contribution in [0, 0.1) is 0 Å². The molecule has 0 bridgehead atoms. The predicted octanol–water partition coefficient (Wildman–Crippen LogP) is 4.48. The van der Waals surface area contributed by atoms with Crippen molar-refractivity contribution in [3.05, 3.63) is 57.7 Å². The second kappa shape index (κ2) is 8.41. The van der Waals surface area contributed by atoms with Gasteiger partial charge < -0.3 is 14.8 Å². The van der Waals surface area contributed by atoms with Gasteiger partial charge in [-0.05, 0) is 37.3 Å². The number of hydrogen-bond acceptors (Lipinski definition) is 6. The Labute approximate surface area is 172 Å². The second-order valence-corrected chi connectivity index (χ2v) is 8.67. The summed E-state index contributed by atoms with van der Waals surface area (Å²) in [5.74, 6) is 0.415. The van der Waals surface area contributed by atoms with Crippen molar-refractivity contribution in [1.29, 1.82) is 0 Å². The highest BCUT2D eigenvalue weighted by Gasteiger charge is 2.30. The maximum absolute atomic E-state index is 13.1. The molecule has 0 saturated heterocycles. The number of thiophene rings is 1. The molecule has 1 aliphatic carbocycles. The number of thioether (sulfide) groups is 1. The Morgan fingerprint density at radius 2 is 2.04 bits per heavy atom. The average Bonchev–Trinajstić information content (AvgIpc) is 3.29. The lowest BCUT2D eigenvalue weighted by Gasteiger charge is -2.20. The van der Waals surface area contributed by atoms with Gasteiger partial charge in [0, 0.05) is 10.6 Å². The van der Waals surface area contributed by atoms with Crippen LogP contribution in [-0.2, 0) is 27.1 Å². The van der Waals surface area contributed by atoms with Crippen LogP contribution in [0.15, 0.2) is 36.1 Å². The lowest BCUT2D eigenvalue weighted by atomic mass is 10.1. The molecule has 0 spiro atoms. The molecule has 0 radical (unpaired) electrons. The minimum absolute atomic E-state index is 0.305. The Morgan fingerprint density at radius 1 is 1.21 bits per heavy atom. The fourth-order valence-electron chi connectivity index (χ4n) is 3.46. The number of carbonyl (C=O) groups excluding carboxylic acids is 2. The first-order valence-corrected chi connectivity index (χ1v) is 11.2. The fraction of sp³-hybridized carbons (Fsp3) is 0.333. The monoisotopic (exact) mass is 415 g/mol. The summed E-state index contributed by atoms with van der Waals surface area (Å²) < 4.78 is 11.0. The largest absolute Gasteiger partial charge is 0.486 e. The van der Waals surface area contributed by atoms with Gasteiger partial charge in [0.25, 0.3) is 5.91 Å². The highest BCUT2D eigenvalue weighted by Crippen LogP contribution is 2.41. The first kappa shape index (κ1) is 19.1. The summed E-state index contributed by atoms with van der Waals surface area (Å²) in [6, 6.07) is 9.75. The molecule has 0 saturated carbocycles. The van der Waals surface area contributed by atoms with Crippen LogP contribution < -0.4 is 5.32 Å². The molecule has 0 unspecified atom stereocenters. The number of rotatable bonds is 5. The number of esters is 1. The minimum Gasteiger partial charge on any atom is -0.486 e. The molecular formula is C21H21NO4S2. The number of benzene rings is 1. The van der Waals surface area contributed by atoms with E-state index in [-0.39, 0.29) is 11.9 Å². The SMILES string of the molecule is CCOC(=O)c1c(NC(=O)C2=C(c3ccccc3)SCCO2)sc2c1CCC2. The van der Waals surface area contributed by atoms with E-state index in [1.165, 1.54) is 11.3 Å². The second-order valence-electron chi connectivity index (χ2n) is 6.46. The van der Waals surface area contributed by atoms with E-state index in [1.807, 2.05) is 30.3 Å². The molecule has 1 aromatic carbocycles. The van der Waals surface area contributed by atoms with Crippen molar-refractivity contribution in [1.82, 2.24) is 0 Å². The molecule has 2 aromatic rings. The Morgan fingerprint density at radius 3 is 2.82 bits per heavy atom. The molecule has 28 heavy (non-hydrogen) atoms. The van der Waals surface area contributed by atoms with Gasteiger partial charge in [0.05, 0.1) is 23.7 Å². The minimum atomic E-state index is -0.367.